The highest BCUT2D eigenvalue weighted by molar-refractivity contribution is 7.10. The second kappa shape index (κ2) is 20.7. The summed E-state index contributed by atoms with van der Waals surface area (Å²) >= 11 is 1.46. The van der Waals surface area contributed by atoms with E-state index < -0.39 is 23.5 Å². The van der Waals surface area contributed by atoms with Crippen LogP contribution in [0.3, 0.4) is 0 Å². The number of aromatic nitrogens is 2. The molecule has 4 fully saturated rings. The first-order valence-corrected chi connectivity index (χ1v) is 25.7. The van der Waals surface area contributed by atoms with Gasteiger partial charge in [0.2, 0.25) is 5.91 Å². The fourth-order valence-electron chi connectivity index (χ4n) is 10.8. The molecule has 0 unspecified atom stereocenters. The van der Waals surface area contributed by atoms with E-state index in [1.54, 1.807) is 13.3 Å². The lowest BCUT2D eigenvalue weighted by Crippen LogP contribution is -2.61. The molecule has 2 N–H and O–H groups in total. The molecule has 6 bridgehead atoms. The van der Waals surface area contributed by atoms with Gasteiger partial charge in [0.25, 0.3) is 11.8 Å². The number of allylic oxidation sites excluding steroid dienone is 2. The summed E-state index contributed by atoms with van der Waals surface area (Å²) in [5.41, 5.74) is 8.69. The lowest BCUT2D eigenvalue weighted by molar-refractivity contribution is -0.155. The summed E-state index contributed by atoms with van der Waals surface area (Å²) in [6.45, 7) is 24.6. The minimum atomic E-state index is -0.944. The Morgan fingerprint density at radius 1 is 1.14 bits per heavy atom. The van der Waals surface area contributed by atoms with E-state index in [0.717, 1.165) is 77.0 Å². The number of fused-ring (bicyclic) bond motifs is 6. The van der Waals surface area contributed by atoms with Gasteiger partial charge in [0.1, 0.15) is 12.1 Å². The van der Waals surface area contributed by atoms with Crippen LogP contribution in [0.15, 0.2) is 46.9 Å². The molecule has 4 saturated heterocycles. The van der Waals surface area contributed by atoms with Gasteiger partial charge in [0.05, 0.1) is 46.9 Å². The highest BCUT2D eigenvalue weighted by atomic mass is 32.1. The predicted octanol–water partition coefficient (Wildman–Crippen LogP) is 5.87. The summed E-state index contributed by atoms with van der Waals surface area (Å²) in [5, 5.41) is 8.33. The smallest absolute Gasteiger partial charge is 0.324 e. The maximum atomic E-state index is 14.5. The molecule has 3 amide bonds. The van der Waals surface area contributed by atoms with Crippen LogP contribution in [-0.4, -0.2) is 149 Å². The Morgan fingerprint density at radius 2 is 1.93 bits per heavy atom. The molecule has 8 rings (SSSR count). The first-order chi connectivity index (χ1) is 33.0. The lowest BCUT2D eigenvalue weighted by Gasteiger charge is -2.41. The van der Waals surface area contributed by atoms with Gasteiger partial charge in [-0.05, 0) is 103 Å². The second-order valence-electron chi connectivity index (χ2n) is 20.9. The van der Waals surface area contributed by atoms with Crippen LogP contribution in [0.1, 0.15) is 96.8 Å². The van der Waals surface area contributed by atoms with Crippen LogP contribution < -0.4 is 10.7 Å². The summed E-state index contributed by atoms with van der Waals surface area (Å²) in [4.78, 5) is 71.9. The topological polar surface area (TPSA) is 154 Å². The highest BCUT2D eigenvalue weighted by Crippen LogP contribution is 2.41. The molecule has 3 aromatic rings. The van der Waals surface area contributed by atoms with Gasteiger partial charge in [-0.1, -0.05) is 38.5 Å². The van der Waals surface area contributed by atoms with Gasteiger partial charge in [-0.15, -0.1) is 11.3 Å². The number of hydrogen-bond donors (Lipinski definition) is 2. The van der Waals surface area contributed by atoms with Crippen LogP contribution in [0.2, 0.25) is 0 Å². The predicted molar refractivity (Wildman–Crippen MR) is 271 cm³/mol. The van der Waals surface area contributed by atoms with Crippen LogP contribution >= 0.6 is 11.3 Å². The zero-order chi connectivity index (χ0) is 49.3. The average Bonchev–Trinajstić information content (AvgIpc) is 4.11. The first kappa shape index (κ1) is 50.2. The van der Waals surface area contributed by atoms with E-state index in [0.29, 0.717) is 63.5 Å². The minimum absolute atomic E-state index is 0.0988. The summed E-state index contributed by atoms with van der Waals surface area (Å²) in [7, 11) is 1.68. The molecule has 69 heavy (non-hydrogen) atoms. The normalized spacial score (nSPS) is 24.4. The third-order valence-corrected chi connectivity index (χ3v) is 15.7. The molecule has 2 aromatic heterocycles. The summed E-state index contributed by atoms with van der Waals surface area (Å²) < 4.78 is 14.3. The summed E-state index contributed by atoms with van der Waals surface area (Å²) in [6, 6.07) is 4.72. The molecule has 5 aliphatic rings. The Bertz CT molecular complexity index is 2600. The minimum Gasteiger partial charge on any atom is -0.464 e. The number of likely N-dealkylation sites (tertiary alicyclic amines) is 3. The van der Waals surface area contributed by atoms with E-state index in [1.807, 2.05) is 30.2 Å². The molecule has 15 nitrogen and oxygen atoms in total. The Kier molecular flexibility index (Phi) is 15.0. The number of thiazole rings is 1. The number of methoxy groups -OCH3 is 1. The Labute approximate surface area is 411 Å². The number of nitrogens with zero attached hydrogens (tertiary/aromatic N) is 7. The molecule has 1 spiro atoms. The third kappa shape index (κ3) is 10.8. The molecule has 7 heterocycles. The van der Waals surface area contributed by atoms with Crippen LogP contribution in [0.5, 0.6) is 0 Å². The number of amides is 3. The fraction of sp³-hybridized carbons (Fsp3) is 0.585. The van der Waals surface area contributed by atoms with Gasteiger partial charge in [-0.3, -0.25) is 39.0 Å². The number of aryl methyl sites for hydroxylation is 1. The standard InChI is InChI=1S/C53H71N9O6S/c1-10-37(47(54-11-2)35(4)67-9)48-39-29-51(5,6)34-68-50(66)40-15-13-24-62(57-40)49(65)41(28-45-56-42(31-69-45)36-16-17-43(38(39)27-36)61(48)12-3)55-44(63)30-58-25-20-53(32-58)21-26-59(33-53)46(64)18-19-52(7,8)60-22-14-23-60/h10-11,16-17,27,31,35,40-41,57H,1,12-15,20-26,28-30,32-34H2,2-9H3,(H,55,63)/b47-37+,54-11?/t35-,40-,41-,53+/m0/s1. The quantitative estimate of drug-likeness (QED) is 0.109. The number of cyclic esters (lactones) is 1. The largest absolute Gasteiger partial charge is 0.464 e. The summed E-state index contributed by atoms with van der Waals surface area (Å²) in [5.74, 6) is 5.01. The van der Waals surface area contributed by atoms with E-state index in [-0.39, 0.29) is 54.4 Å². The van der Waals surface area contributed by atoms with Crippen molar-refractivity contribution >= 4 is 57.7 Å². The first-order valence-electron chi connectivity index (χ1n) is 24.8. The van der Waals surface area contributed by atoms with E-state index in [2.05, 4.69) is 96.3 Å². The zero-order valence-corrected chi connectivity index (χ0v) is 42.7. The second-order valence-corrected chi connectivity index (χ2v) is 21.8. The van der Waals surface area contributed by atoms with Gasteiger partial charge in [0, 0.05) is 104 Å². The number of rotatable bonds is 10. The molecule has 4 atom stereocenters. The van der Waals surface area contributed by atoms with Crippen LogP contribution in [0, 0.1) is 22.7 Å². The van der Waals surface area contributed by atoms with Gasteiger partial charge in [0.15, 0.2) is 0 Å². The van der Waals surface area contributed by atoms with Crippen molar-refractivity contribution < 1.29 is 28.7 Å². The van der Waals surface area contributed by atoms with E-state index in [9.17, 15) is 19.2 Å². The SMILES string of the molecule is C=C/C(=C(\N=CC)[C@H](C)OC)c1c2c3cc(ccc3n1CC)-c1csc(n1)C[C@H](NC(=O)CN1CC[C@@]3(CCN(C(=O)C#CC(C)(C)N4CCC4)C3)C1)C(=O)N1CCC[C@H](N1)C(=O)OCC(C)(C)C2. The molecule has 5 aliphatic heterocycles. The van der Waals surface area contributed by atoms with Crippen molar-refractivity contribution in [2.45, 2.75) is 124 Å². The number of aliphatic imine (C=N–C) groups is 1. The van der Waals surface area contributed by atoms with Gasteiger partial charge in [-0.2, -0.15) is 0 Å². The summed E-state index contributed by atoms with van der Waals surface area (Å²) in [6.07, 6.45) is 8.05. The zero-order valence-electron chi connectivity index (χ0n) is 41.9. The third-order valence-electron chi connectivity index (χ3n) is 14.8. The Balaban J connectivity index is 1.06. The number of hydrazine groups is 1. The fourth-order valence-corrected chi connectivity index (χ4v) is 11.6. The number of nitrogens with one attached hydrogen (secondary N) is 2. The van der Waals surface area contributed by atoms with E-state index in [1.165, 1.54) is 16.3 Å². The van der Waals surface area contributed by atoms with Crippen molar-refractivity contribution in [2.75, 3.05) is 66.1 Å². The highest BCUT2D eigenvalue weighted by Gasteiger charge is 2.45. The number of carbonyl (C=O) groups excluding carboxylic acids is 4. The number of carbonyl (C=O) groups is 4. The van der Waals surface area contributed by atoms with Crippen molar-refractivity contribution in [3.8, 4) is 23.1 Å². The Morgan fingerprint density at radius 3 is 2.64 bits per heavy atom. The van der Waals surface area contributed by atoms with E-state index >= 15 is 0 Å². The molecule has 16 heteroatoms. The number of benzene rings is 1. The maximum Gasteiger partial charge on any atom is 0.324 e. The van der Waals surface area contributed by atoms with Crippen LogP contribution in [0.4, 0.5) is 0 Å². The maximum absolute atomic E-state index is 14.5. The van der Waals surface area contributed by atoms with Gasteiger partial charge >= 0.3 is 5.97 Å². The van der Waals surface area contributed by atoms with Crippen molar-refractivity contribution in [3.63, 3.8) is 0 Å². The molecule has 0 saturated carbocycles. The molecular formula is C53H71N9O6S. The molecular weight excluding hydrogens is 891 g/mol. The van der Waals surface area contributed by atoms with E-state index in [4.69, 9.17) is 19.5 Å². The van der Waals surface area contributed by atoms with Crippen LogP contribution in [0.25, 0.3) is 27.7 Å². The van der Waals surface area contributed by atoms with Crippen molar-refractivity contribution in [2.24, 2.45) is 15.8 Å². The average molecular weight is 962 g/mol. The van der Waals surface area contributed by atoms with Crippen LogP contribution in [-0.2, 0) is 48.0 Å². The van der Waals surface area contributed by atoms with Crippen molar-refractivity contribution in [1.82, 2.24) is 40.0 Å². The lowest BCUT2D eigenvalue weighted by atomic mass is 9.84. The molecule has 1 aromatic carbocycles. The molecule has 0 aliphatic carbocycles. The van der Waals surface area contributed by atoms with Gasteiger partial charge < -0.3 is 24.3 Å². The monoisotopic (exact) mass is 962 g/mol. The van der Waals surface area contributed by atoms with Crippen molar-refractivity contribution in [3.05, 3.63) is 58.2 Å². The number of esters is 1. The van der Waals surface area contributed by atoms with Crippen molar-refractivity contribution in [1.29, 1.82) is 0 Å². The number of ether oxygens (including phenoxy) is 2. The molecule has 0 radical (unpaired) electrons. The Hall–Kier alpha value is -5.18. The number of hydrogen-bond acceptors (Lipinski definition) is 12. The van der Waals surface area contributed by atoms with Gasteiger partial charge in [-0.25, -0.2) is 10.4 Å². The molecule has 370 valence electrons.